The predicted octanol–water partition coefficient (Wildman–Crippen LogP) is 3.58. The molecule has 0 saturated heterocycles. The van der Waals surface area contributed by atoms with Crippen LogP contribution in [0.4, 0.5) is 5.69 Å². The SMILES string of the molecule is COc1cccc(Cn2c(=O)c3sccc3n(CC(=O)Nc3cc(Cl)ccc3OC)c2=O)c1. The van der Waals surface area contributed by atoms with Gasteiger partial charge in [-0.25, -0.2) is 4.79 Å². The molecule has 4 aromatic rings. The fourth-order valence-corrected chi connectivity index (χ4v) is 4.51. The molecule has 2 heterocycles. The molecule has 0 bridgehead atoms. The monoisotopic (exact) mass is 485 g/mol. The highest BCUT2D eigenvalue weighted by molar-refractivity contribution is 7.17. The van der Waals surface area contributed by atoms with E-state index in [2.05, 4.69) is 5.32 Å². The molecule has 0 aliphatic rings. The third kappa shape index (κ3) is 4.64. The minimum atomic E-state index is -0.582. The van der Waals surface area contributed by atoms with Crippen LogP contribution in [0.5, 0.6) is 11.5 Å². The van der Waals surface area contributed by atoms with E-state index in [9.17, 15) is 14.4 Å². The van der Waals surface area contributed by atoms with Gasteiger partial charge in [0.05, 0.1) is 32.0 Å². The number of carbonyl (C=O) groups is 1. The van der Waals surface area contributed by atoms with Gasteiger partial charge in [0.15, 0.2) is 0 Å². The highest BCUT2D eigenvalue weighted by Crippen LogP contribution is 2.27. The van der Waals surface area contributed by atoms with Crippen molar-refractivity contribution in [2.45, 2.75) is 13.1 Å². The van der Waals surface area contributed by atoms with Gasteiger partial charge >= 0.3 is 5.69 Å². The zero-order valence-electron chi connectivity index (χ0n) is 17.8. The van der Waals surface area contributed by atoms with E-state index in [1.807, 2.05) is 0 Å². The summed E-state index contributed by atoms with van der Waals surface area (Å²) in [6.45, 7) is -0.243. The quantitative estimate of drug-likeness (QED) is 0.432. The average molecular weight is 486 g/mol. The van der Waals surface area contributed by atoms with Crippen LogP contribution >= 0.6 is 22.9 Å². The van der Waals surface area contributed by atoms with Crippen LogP contribution in [-0.2, 0) is 17.9 Å². The zero-order valence-corrected chi connectivity index (χ0v) is 19.4. The van der Waals surface area contributed by atoms with E-state index in [1.165, 1.54) is 23.0 Å². The van der Waals surface area contributed by atoms with Crippen molar-refractivity contribution < 1.29 is 14.3 Å². The van der Waals surface area contributed by atoms with Crippen molar-refractivity contribution in [2.24, 2.45) is 0 Å². The lowest BCUT2D eigenvalue weighted by molar-refractivity contribution is -0.116. The van der Waals surface area contributed by atoms with Crippen LogP contribution in [0, 0.1) is 0 Å². The summed E-state index contributed by atoms with van der Waals surface area (Å²) in [5, 5.41) is 4.87. The summed E-state index contributed by atoms with van der Waals surface area (Å²) in [7, 11) is 3.02. The molecular weight excluding hydrogens is 466 g/mol. The molecule has 0 fully saturated rings. The van der Waals surface area contributed by atoms with Gasteiger partial charge in [0.1, 0.15) is 22.7 Å². The lowest BCUT2D eigenvalue weighted by Crippen LogP contribution is -2.41. The molecule has 1 N–H and O–H groups in total. The molecule has 0 radical (unpaired) electrons. The molecule has 170 valence electrons. The van der Waals surface area contributed by atoms with Crippen molar-refractivity contribution in [3.05, 3.63) is 85.3 Å². The van der Waals surface area contributed by atoms with Gasteiger partial charge in [0.2, 0.25) is 5.91 Å². The van der Waals surface area contributed by atoms with E-state index < -0.39 is 17.2 Å². The first-order valence-corrected chi connectivity index (χ1v) is 11.1. The van der Waals surface area contributed by atoms with E-state index in [1.54, 1.807) is 61.0 Å². The topological polar surface area (TPSA) is 91.6 Å². The average Bonchev–Trinajstić information content (AvgIpc) is 3.30. The molecule has 4 rings (SSSR count). The van der Waals surface area contributed by atoms with E-state index in [4.69, 9.17) is 21.1 Å². The predicted molar refractivity (Wildman–Crippen MR) is 129 cm³/mol. The largest absolute Gasteiger partial charge is 0.497 e. The van der Waals surface area contributed by atoms with Gasteiger partial charge in [0.25, 0.3) is 5.56 Å². The Bertz CT molecular complexity index is 1460. The summed E-state index contributed by atoms with van der Waals surface area (Å²) in [6.07, 6.45) is 0. The smallest absolute Gasteiger partial charge is 0.332 e. The Morgan fingerprint density at radius 1 is 1.06 bits per heavy atom. The molecule has 0 aliphatic heterocycles. The molecule has 33 heavy (non-hydrogen) atoms. The third-order valence-corrected chi connectivity index (χ3v) is 6.18. The van der Waals surface area contributed by atoms with Gasteiger partial charge in [0, 0.05) is 5.02 Å². The summed E-state index contributed by atoms with van der Waals surface area (Å²) in [4.78, 5) is 39.2. The molecule has 2 aromatic carbocycles. The molecule has 0 unspecified atom stereocenters. The molecular formula is C23H20ClN3O5S. The second-order valence-electron chi connectivity index (χ2n) is 7.14. The fourth-order valence-electron chi connectivity index (χ4n) is 3.49. The van der Waals surface area contributed by atoms with Crippen molar-refractivity contribution in [1.29, 1.82) is 0 Å². The number of nitrogens with one attached hydrogen (secondary N) is 1. The number of anilines is 1. The second kappa shape index (κ2) is 9.51. The number of halogens is 1. The molecule has 0 saturated carbocycles. The first kappa shape index (κ1) is 22.6. The standard InChI is InChI=1S/C23H20ClN3O5S/c1-31-16-5-3-4-14(10-16)12-27-22(29)21-18(8-9-33-21)26(23(27)30)13-20(28)25-17-11-15(24)6-7-19(17)32-2/h3-11H,12-13H2,1-2H3,(H,25,28). The van der Waals surface area contributed by atoms with Gasteiger partial charge in [-0.1, -0.05) is 23.7 Å². The number of methoxy groups -OCH3 is 2. The maximum atomic E-state index is 13.3. The number of hydrogen-bond donors (Lipinski definition) is 1. The van der Waals surface area contributed by atoms with Crippen LogP contribution in [0.15, 0.2) is 63.5 Å². The lowest BCUT2D eigenvalue weighted by atomic mass is 10.2. The van der Waals surface area contributed by atoms with E-state index in [-0.39, 0.29) is 13.1 Å². The van der Waals surface area contributed by atoms with Crippen molar-refractivity contribution in [3.8, 4) is 11.5 Å². The Kier molecular flexibility index (Phi) is 6.52. The number of benzene rings is 2. The normalized spacial score (nSPS) is 10.9. The molecule has 0 aliphatic carbocycles. The molecule has 2 aromatic heterocycles. The number of thiophene rings is 1. The lowest BCUT2D eigenvalue weighted by Gasteiger charge is -2.14. The Labute approximate surface area is 197 Å². The number of hydrogen-bond acceptors (Lipinski definition) is 6. The maximum Gasteiger partial charge on any atom is 0.332 e. The summed E-state index contributed by atoms with van der Waals surface area (Å²) >= 11 is 7.26. The molecule has 8 nitrogen and oxygen atoms in total. The highest BCUT2D eigenvalue weighted by atomic mass is 35.5. The molecule has 0 atom stereocenters. The van der Waals surface area contributed by atoms with Crippen LogP contribution in [0.3, 0.4) is 0 Å². The van der Waals surface area contributed by atoms with Crippen LogP contribution in [0.1, 0.15) is 5.56 Å². The number of ether oxygens (including phenoxy) is 2. The van der Waals surface area contributed by atoms with E-state index in [0.717, 1.165) is 10.1 Å². The summed E-state index contributed by atoms with van der Waals surface area (Å²) in [5.74, 6) is 0.591. The van der Waals surface area contributed by atoms with Crippen LogP contribution < -0.4 is 26.0 Å². The van der Waals surface area contributed by atoms with Gasteiger partial charge in [-0.3, -0.25) is 18.7 Å². The summed E-state index contributed by atoms with van der Waals surface area (Å²) in [5.41, 5.74) is 0.534. The number of aromatic nitrogens is 2. The number of fused-ring (bicyclic) bond motifs is 1. The zero-order chi connectivity index (χ0) is 23.5. The van der Waals surface area contributed by atoms with Crippen molar-refractivity contribution in [3.63, 3.8) is 0 Å². The Hall–Kier alpha value is -3.56. The van der Waals surface area contributed by atoms with Crippen LogP contribution in [0.2, 0.25) is 5.02 Å². The first-order chi connectivity index (χ1) is 15.9. The number of rotatable bonds is 7. The number of nitrogens with zero attached hydrogens (tertiary/aromatic N) is 2. The third-order valence-electron chi connectivity index (χ3n) is 5.05. The van der Waals surface area contributed by atoms with Gasteiger partial charge < -0.3 is 14.8 Å². The van der Waals surface area contributed by atoms with E-state index in [0.29, 0.717) is 32.4 Å². The Morgan fingerprint density at radius 2 is 1.88 bits per heavy atom. The molecule has 10 heteroatoms. The highest BCUT2D eigenvalue weighted by Gasteiger charge is 2.18. The molecule has 1 amide bonds. The van der Waals surface area contributed by atoms with Gasteiger partial charge in [-0.15, -0.1) is 11.3 Å². The first-order valence-electron chi connectivity index (χ1n) is 9.88. The minimum absolute atomic E-state index is 0.0481. The Balaban J connectivity index is 1.71. The maximum absolute atomic E-state index is 13.3. The van der Waals surface area contributed by atoms with Crippen LogP contribution in [-0.4, -0.2) is 29.3 Å². The van der Waals surface area contributed by atoms with Crippen molar-refractivity contribution in [2.75, 3.05) is 19.5 Å². The van der Waals surface area contributed by atoms with Crippen LogP contribution in [0.25, 0.3) is 10.2 Å². The van der Waals surface area contributed by atoms with Gasteiger partial charge in [-0.05, 0) is 47.3 Å². The summed E-state index contributed by atoms with van der Waals surface area (Å²) < 4.78 is 13.3. The van der Waals surface area contributed by atoms with E-state index >= 15 is 0 Å². The fraction of sp³-hybridized carbons (Fsp3) is 0.174. The minimum Gasteiger partial charge on any atom is -0.497 e. The second-order valence-corrected chi connectivity index (χ2v) is 8.49. The van der Waals surface area contributed by atoms with Gasteiger partial charge in [-0.2, -0.15) is 0 Å². The summed E-state index contributed by atoms with van der Waals surface area (Å²) in [6, 6.07) is 13.6. The number of carbonyl (C=O) groups excluding carboxylic acids is 1. The van der Waals surface area contributed by atoms with Crippen molar-refractivity contribution in [1.82, 2.24) is 9.13 Å². The molecule has 0 spiro atoms. The number of amides is 1. The Morgan fingerprint density at radius 3 is 2.64 bits per heavy atom. The van der Waals surface area contributed by atoms with Crippen molar-refractivity contribution >= 4 is 44.7 Å².